The molecule has 12 aromatic rings. The number of anilines is 3. The van der Waals surface area contributed by atoms with E-state index in [0.29, 0.717) is 0 Å². The van der Waals surface area contributed by atoms with Crippen LogP contribution in [0.1, 0.15) is 22.3 Å². The Morgan fingerprint density at radius 3 is 1.51 bits per heavy atom. The molecule has 67 heavy (non-hydrogen) atoms. The SMILES string of the molecule is c1ccc(-c2ccc(-c3cccc4c3-c3ccc(-c5cccc6oc7c8ccccc8c(N(c8ccccc8)c8ccccc8)cc7c56)cc3C4(c3ccccc3)c3ccccc3)cc2)cc1. The zero-order valence-corrected chi connectivity index (χ0v) is 36.7. The van der Waals surface area contributed by atoms with Crippen LogP contribution < -0.4 is 4.90 Å². The highest BCUT2D eigenvalue weighted by molar-refractivity contribution is 6.22. The predicted molar refractivity (Wildman–Crippen MR) is 280 cm³/mol. The van der Waals surface area contributed by atoms with E-state index in [1.54, 1.807) is 0 Å². The summed E-state index contributed by atoms with van der Waals surface area (Å²) >= 11 is 0. The number of nitrogens with zero attached hydrogens (tertiary/aromatic N) is 1. The van der Waals surface area contributed by atoms with Gasteiger partial charge in [0.2, 0.25) is 0 Å². The monoisotopic (exact) mass is 853 g/mol. The van der Waals surface area contributed by atoms with Gasteiger partial charge < -0.3 is 9.32 Å². The van der Waals surface area contributed by atoms with Crippen molar-refractivity contribution in [2.24, 2.45) is 0 Å². The van der Waals surface area contributed by atoms with Crippen LogP contribution in [0, 0.1) is 0 Å². The van der Waals surface area contributed by atoms with Crippen molar-refractivity contribution in [1.82, 2.24) is 0 Å². The Balaban J connectivity index is 1.07. The van der Waals surface area contributed by atoms with Crippen molar-refractivity contribution in [2.75, 3.05) is 4.90 Å². The van der Waals surface area contributed by atoms with Crippen molar-refractivity contribution in [3.63, 3.8) is 0 Å². The van der Waals surface area contributed by atoms with E-state index in [0.717, 1.165) is 60.9 Å². The summed E-state index contributed by atoms with van der Waals surface area (Å²) in [5, 5.41) is 4.39. The van der Waals surface area contributed by atoms with Crippen LogP contribution >= 0.6 is 0 Å². The maximum Gasteiger partial charge on any atom is 0.143 e. The van der Waals surface area contributed by atoms with Crippen LogP contribution in [0.2, 0.25) is 0 Å². The lowest BCUT2D eigenvalue weighted by molar-refractivity contribution is 0.673. The molecule has 0 radical (unpaired) electrons. The summed E-state index contributed by atoms with van der Waals surface area (Å²) < 4.78 is 6.98. The van der Waals surface area contributed by atoms with Gasteiger partial charge in [0.1, 0.15) is 11.2 Å². The summed E-state index contributed by atoms with van der Waals surface area (Å²) in [6, 6.07) is 94.9. The maximum absolute atomic E-state index is 6.98. The molecular formula is C65H43NO. The minimum Gasteiger partial charge on any atom is -0.455 e. The second kappa shape index (κ2) is 15.8. The zero-order valence-electron chi connectivity index (χ0n) is 36.7. The number of furan rings is 1. The quantitative estimate of drug-likeness (QED) is 0.151. The molecule has 0 bridgehead atoms. The molecule has 2 heteroatoms. The van der Waals surface area contributed by atoms with Gasteiger partial charge in [0.25, 0.3) is 0 Å². The first-order valence-corrected chi connectivity index (χ1v) is 23.1. The molecule has 0 fully saturated rings. The van der Waals surface area contributed by atoms with Gasteiger partial charge in [-0.05, 0) is 109 Å². The lowest BCUT2D eigenvalue weighted by Crippen LogP contribution is -2.28. The second-order valence-electron chi connectivity index (χ2n) is 17.5. The van der Waals surface area contributed by atoms with Gasteiger partial charge in [-0.15, -0.1) is 0 Å². The minimum atomic E-state index is -0.592. The van der Waals surface area contributed by atoms with Crippen molar-refractivity contribution in [1.29, 1.82) is 0 Å². The Kier molecular flexibility index (Phi) is 9.11. The maximum atomic E-state index is 6.98. The third-order valence-corrected chi connectivity index (χ3v) is 13.9. The molecule has 0 atom stereocenters. The highest BCUT2D eigenvalue weighted by Crippen LogP contribution is 2.59. The molecule has 1 aromatic heterocycles. The highest BCUT2D eigenvalue weighted by atomic mass is 16.3. The molecule has 314 valence electrons. The molecule has 0 unspecified atom stereocenters. The third-order valence-electron chi connectivity index (χ3n) is 13.9. The molecule has 11 aromatic carbocycles. The molecule has 1 aliphatic rings. The average Bonchev–Trinajstić information content (AvgIpc) is 3.94. The molecule has 2 nitrogen and oxygen atoms in total. The van der Waals surface area contributed by atoms with Crippen molar-refractivity contribution in [2.45, 2.75) is 5.41 Å². The van der Waals surface area contributed by atoms with E-state index in [2.05, 4.69) is 266 Å². The molecule has 0 aliphatic heterocycles. The van der Waals surface area contributed by atoms with Gasteiger partial charge in [-0.3, -0.25) is 0 Å². The van der Waals surface area contributed by atoms with Gasteiger partial charge in [0, 0.05) is 32.9 Å². The number of para-hydroxylation sites is 2. The number of hydrogen-bond donors (Lipinski definition) is 0. The number of benzene rings is 11. The van der Waals surface area contributed by atoms with E-state index < -0.39 is 5.41 Å². The van der Waals surface area contributed by atoms with Crippen LogP contribution in [0.3, 0.4) is 0 Å². The second-order valence-corrected chi connectivity index (χ2v) is 17.5. The number of fused-ring (bicyclic) bond motifs is 8. The largest absolute Gasteiger partial charge is 0.455 e. The molecule has 0 N–H and O–H groups in total. The normalized spacial score (nSPS) is 12.6. The van der Waals surface area contributed by atoms with E-state index in [1.165, 1.54) is 55.6 Å². The molecule has 1 aliphatic carbocycles. The van der Waals surface area contributed by atoms with Gasteiger partial charge in [-0.1, -0.05) is 218 Å². The van der Waals surface area contributed by atoms with Gasteiger partial charge in [-0.2, -0.15) is 0 Å². The number of rotatable bonds is 8. The molecule has 1 heterocycles. The molecule has 0 spiro atoms. The topological polar surface area (TPSA) is 16.4 Å². The van der Waals surface area contributed by atoms with Crippen molar-refractivity contribution >= 4 is 49.8 Å². The van der Waals surface area contributed by atoms with Crippen molar-refractivity contribution in [3.05, 3.63) is 283 Å². The predicted octanol–water partition coefficient (Wildman–Crippen LogP) is 17.6. The first-order chi connectivity index (χ1) is 33.3. The lowest BCUT2D eigenvalue weighted by Gasteiger charge is -2.34. The van der Waals surface area contributed by atoms with E-state index in [-0.39, 0.29) is 0 Å². The summed E-state index contributed by atoms with van der Waals surface area (Å²) in [5.74, 6) is 0. The van der Waals surface area contributed by atoms with Gasteiger partial charge in [0.05, 0.1) is 11.1 Å². The van der Waals surface area contributed by atoms with Crippen molar-refractivity contribution in [3.8, 4) is 44.5 Å². The average molecular weight is 854 g/mol. The fraction of sp³-hybridized carbons (Fsp3) is 0.0154. The van der Waals surface area contributed by atoms with Gasteiger partial charge in [0.15, 0.2) is 0 Å². The first kappa shape index (κ1) is 38.7. The van der Waals surface area contributed by atoms with Crippen LogP contribution in [-0.4, -0.2) is 0 Å². The van der Waals surface area contributed by atoms with E-state index in [9.17, 15) is 0 Å². The number of hydrogen-bond acceptors (Lipinski definition) is 2. The Morgan fingerprint density at radius 1 is 0.328 bits per heavy atom. The van der Waals surface area contributed by atoms with Crippen LogP contribution in [0.5, 0.6) is 0 Å². The molecule has 0 amide bonds. The summed E-state index contributed by atoms with van der Waals surface area (Å²) in [6.07, 6.45) is 0. The Labute approximate surface area is 390 Å². The molecule has 0 saturated carbocycles. The summed E-state index contributed by atoms with van der Waals surface area (Å²) in [6.45, 7) is 0. The first-order valence-electron chi connectivity index (χ1n) is 23.1. The summed E-state index contributed by atoms with van der Waals surface area (Å²) in [4.78, 5) is 2.37. The lowest BCUT2D eigenvalue weighted by atomic mass is 9.67. The van der Waals surface area contributed by atoms with Crippen molar-refractivity contribution < 1.29 is 4.42 Å². The fourth-order valence-electron chi connectivity index (χ4n) is 11.1. The molecule has 13 rings (SSSR count). The molecular weight excluding hydrogens is 811 g/mol. The minimum absolute atomic E-state index is 0.592. The highest BCUT2D eigenvalue weighted by Gasteiger charge is 2.47. The standard InChI is InChI=1S/C65H43NO/c1-6-20-44(21-7-1)45-36-38-46(39-37-45)52-32-18-34-58-62(52)56-41-40-47(42-59(56)65(58,48-22-8-2-9-23-48)49-24-10-3-11-25-49)53-33-19-35-61-63(53)57-43-60(54-30-16-17-31-55(54)64(57)67-61)66(50-26-12-4-13-27-50)51-28-14-5-15-29-51/h1-43H. The van der Waals surface area contributed by atoms with E-state index in [4.69, 9.17) is 4.42 Å². The van der Waals surface area contributed by atoms with E-state index >= 15 is 0 Å². The van der Waals surface area contributed by atoms with Crippen LogP contribution in [0.4, 0.5) is 17.1 Å². The summed E-state index contributed by atoms with van der Waals surface area (Å²) in [7, 11) is 0. The van der Waals surface area contributed by atoms with Crippen LogP contribution in [0.25, 0.3) is 77.2 Å². The zero-order chi connectivity index (χ0) is 44.3. The fourth-order valence-corrected chi connectivity index (χ4v) is 11.1. The summed E-state index contributed by atoms with van der Waals surface area (Å²) in [5.41, 5.74) is 19.1. The van der Waals surface area contributed by atoms with Gasteiger partial charge >= 0.3 is 0 Å². The molecule has 0 saturated heterocycles. The van der Waals surface area contributed by atoms with Crippen LogP contribution in [0.15, 0.2) is 265 Å². The third kappa shape index (κ3) is 6.11. The Bertz CT molecular complexity index is 3690. The Hall–Kier alpha value is -8.72. The van der Waals surface area contributed by atoms with Crippen LogP contribution in [-0.2, 0) is 5.41 Å². The van der Waals surface area contributed by atoms with Gasteiger partial charge in [-0.25, -0.2) is 0 Å². The van der Waals surface area contributed by atoms with E-state index in [1.807, 2.05) is 0 Å². The Morgan fingerprint density at radius 2 is 0.851 bits per heavy atom. The smallest absolute Gasteiger partial charge is 0.143 e.